The predicted octanol–water partition coefficient (Wildman–Crippen LogP) is 3.64. The van der Waals surface area contributed by atoms with Crippen LogP contribution >= 0.6 is 0 Å². The van der Waals surface area contributed by atoms with Crippen molar-refractivity contribution in [3.63, 3.8) is 0 Å². The van der Waals surface area contributed by atoms with E-state index >= 15 is 0 Å². The molecular weight excluding hydrogens is 223 g/mol. The molecule has 1 aliphatic carbocycles. The molecule has 0 amide bonds. The molecule has 0 saturated heterocycles. The van der Waals surface area contributed by atoms with E-state index < -0.39 is 10.7 Å². The smallest absolute Gasteiger partial charge is 0.292 e. The third-order valence-electron chi connectivity index (χ3n) is 2.41. The molecular formula is C12H17FN2O2. The molecule has 1 N–H and O–H groups in total. The van der Waals surface area contributed by atoms with Crippen LogP contribution in [0, 0.1) is 22.9 Å². The molecule has 1 aliphatic rings. The largest absolute Gasteiger partial charge is 0.377 e. The van der Waals surface area contributed by atoms with Crippen molar-refractivity contribution in [1.29, 1.82) is 0 Å². The Morgan fingerprint density at radius 2 is 2.00 bits per heavy atom. The maximum Gasteiger partial charge on any atom is 0.292 e. The van der Waals surface area contributed by atoms with E-state index in [0.29, 0.717) is 5.56 Å². The molecule has 0 heterocycles. The minimum atomic E-state index is -0.489. The Labute approximate surface area is 100.0 Å². The van der Waals surface area contributed by atoms with Crippen LogP contribution in [0.2, 0.25) is 0 Å². The van der Waals surface area contributed by atoms with Gasteiger partial charge in [0, 0.05) is 18.2 Å². The van der Waals surface area contributed by atoms with Gasteiger partial charge in [-0.2, -0.15) is 0 Å². The Morgan fingerprint density at radius 3 is 2.47 bits per heavy atom. The molecule has 0 atom stereocenters. The quantitative estimate of drug-likeness (QED) is 0.648. The predicted molar refractivity (Wildman–Crippen MR) is 65.8 cm³/mol. The highest BCUT2D eigenvalue weighted by Gasteiger charge is 2.25. The molecule has 0 radical (unpaired) electrons. The van der Waals surface area contributed by atoms with Crippen LogP contribution in [0.1, 0.15) is 32.3 Å². The molecule has 0 aliphatic heterocycles. The molecule has 94 valence electrons. The first-order valence-corrected chi connectivity index (χ1v) is 5.79. The average Bonchev–Trinajstić information content (AvgIpc) is 3.09. The highest BCUT2D eigenvalue weighted by molar-refractivity contribution is 5.63. The molecule has 4 nitrogen and oxygen atoms in total. The van der Waals surface area contributed by atoms with Gasteiger partial charge >= 0.3 is 0 Å². The SMILES string of the molecule is CC.Cc1cc([N+](=O)[O-])c(NC2CC2)cc1F. The molecule has 1 saturated carbocycles. The number of nitro groups is 1. The van der Waals surface area contributed by atoms with Gasteiger partial charge in [-0.1, -0.05) is 13.8 Å². The van der Waals surface area contributed by atoms with Crippen molar-refractivity contribution in [3.8, 4) is 0 Å². The second kappa shape index (κ2) is 5.61. The molecule has 0 aromatic heterocycles. The first-order chi connectivity index (χ1) is 8.08. The van der Waals surface area contributed by atoms with Crippen LogP contribution in [0.5, 0.6) is 0 Å². The number of nitrogens with one attached hydrogen (secondary N) is 1. The fourth-order valence-electron chi connectivity index (χ4n) is 1.38. The van der Waals surface area contributed by atoms with E-state index in [2.05, 4.69) is 5.32 Å². The lowest BCUT2D eigenvalue weighted by atomic mass is 10.2. The molecule has 1 aromatic rings. The van der Waals surface area contributed by atoms with E-state index in [9.17, 15) is 14.5 Å². The van der Waals surface area contributed by atoms with Crippen LogP contribution in [-0.4, -0.2) is 11.0 Å². The summed E-state index contributed by atoms with van der Waals surface area (Å²) in [6.07, 6.45) is 1.99. The Balaban J connectivity index is 0.000000686. The summed E-state index contributed by atoms with van der Waals surface area (Å²) in [5.41, 5.74) is 0.523. The van der Waals surface area contributed by atoms with Crippen LogP contribution in [0.25, 0.3) is 0 Å². The van der Waals surface area contributed by atoms with Gasteiger partial charge in [0.15, 0.2) is 0 Å². The number of nitrogens with zero attached hydrogens (tertiary/aromatic N) is 1. The molecule has 1 aromatic carbocycles. The van der Waals surface area contributed by atoms with Crippen molar-refractivity contribution < 1.29 is 9.31 Å². The number of rotatable bonds is 3. The fourth-order valence-corrected chi connectivity index (χ4v) is 1.38. The lowest BCUT2D eigenvalue weighted by Gasteiger charge is -2.06. The van der Waals surface area contributed by atoms with E-state index in [4.69, 9.17) is 0 Å². The number of hydrogen-bond donors (Lipinski definition) is 1. The average molecular weight is 240 g/mol. The van der Waals surface area contributed by atoms with Crippen molar-refractivity contribution in [2.24, 2.45) is 0 Å². The standard InChI is InChI=1S/C10H11FN2O2.C2H6/c1-6-4-10(13(14)15)9(5-8(6)11)12-7-2-3-7;1-2/h4-5,7,12H,2-3H2,1H3;1-2H3. The number of hydrogen-bond acceptors (Lipinski definition) is 3. The van der Waals surface area contributed by atoms with Crippen LogP contribution in [-0.2, 0) is 0 Å². The summed E-state index contributed by atoms with van der Waals surface area (Å²) in [4.78, 5) is 10.2. The zero-order valence-corrected chi connectivity index (χ0v) is 10.3. The van der Waals surface area contributed by atoms with E-state index in [1.807, 2.05) is 13.8 Å². The molecule has 2 rings (SSSR count). The molecule has 0 bridgehead atoms. The van der Waals surface area contributed by atoms with Crippen molar-refractivity contribution in [2.75, 3.05) is 5.32 Å². The maximum atomic E-state index is 13.2. The summed E-state index contributed by atoms with van der Waals surface area (Å²) in [6, 6.07) is 2.73. The van der Waals surface area contributed by atoms with Gasteiger partial charge in [0.25, 0.3) is 5.69 Å². The zero-order valence-electron chi connectivity index (χ0n) is 10.3. The number of nitro benzene ring substituents is 1. The van der Waals surface area contributed by atoms with E-state index in [1.165, 1.54) is 19.1 Å². The lowest BCUT2D eigenvalue weighted by Crippen LogP contribution is -2.05. The number of halogens is 1. The highest BCUT2D eigenvalue weighted by Crippen LogP contribution is 2.32. The Morgan fingerprint density at radius 1 is 1.41 bits per heavy atom. The van der Waals surface area contributed by atoms with Crippen molar-refractivity contribution in [3.05, 3.63) is 33.6 Å². The van der Waals surface area contributed by atoms with Crippen LogP contribution < -0.4 is 5.32 Å². The van der Waals surface area contributed by atoms with Crippen LogP contribution in [0.15, 0.2) is 12.1 Å². The van der Waals surface area contributed by atoms with Crippen molar-refractivity contribution >= 4 is 11.4 Å². The van der Waals surface area contributed by atoms with Gasteiger partial charge in [-0.3, -0.25) is 10.1 Å². The summed E-state index contributed by atoms with van der Waals surface area (Å²) >= 11 is 0. The van der Waals surface area contributed by atoms with Crippen LogP contribution in [0.4, 0.5) is 15.8 Å². The summed E-state index contributed by atoms with van der Waals surface area (Å²) in [6.45, 7) is 5.52. The zero-order chi connectivity index (χ0) is 13.0. The normalized spacial score (nSPS) is 13.6. The third-order valence-corrected chi connectivity index (χ3v) is 2.41. The maximum absolute atomic E-state index is 13.2. The van der Waals surface area contributed by atoms with Crippen molar-refractivity contribution in [1.82, 2.24) is 0 Å². The molecule has 0 spiro atoms. The molecule has 1 fully saturated rings. The minimum absolute atomic E-state index is 0.0548. The first-order valence-electron chi connectivity index (χ1n) is 5.79. The highest BCUT2D eigenvalue weighted by atomic mass is 19.1. The lowest BCUT2D eigenvalue weighted by molar-refractivity contribution is -0.384. The summed E-state index contributed by atoms with van der Waals surface area (Å²) in [7, 11) is 0. The topological polar surface area (TPSA) is 55.2 Å². The minimum Gasteiger partial charge on any atom is -0.377 e. The monoisotopic (exact) mass is 240 g/mol. The number of benzene rings is 1. The van der Waals surface area contributed by atoms with Gasteiger partial charge in [0.1, 0.15) is 11.5 Å². The summed E-state index contributed by atoms with van der Waals surface area (Å²) < 4.78 is 13.2. The Bertz CT molecular complexity index is 417. The molecule has 0 unspecified atom stereocenters. The van der Waals surface area contributed by atoms with Crippen LogP contribution in [0.3, 0.4) is 0 Å². The molecule has 5 heteroatoms. The number of aryl methyl sites for hydroxylation is 1. The summed E-state index contributed by atoms with van der Waals surface area (Å²) in [5, 5.41) is 13.7. The van der Waals surface area contributed by atoms with Gasteiger partial charge in [-0.05, 0) is 25.3 Å². The van der Waals surface area contributed by atoms with Gasteiger partial charge in [0.2, 0.25) is 0 Å². The second-order valence-electron chi connectivity index (χ2n) is 3.79. The van der Waals surface area contributed by atoms with Crippen molar-refractivity contribution in [2.45, 2.75) is 39.7 Å². The fraction of sp³-hybridized carbons (Fsp3) is 0.500. The van der Waals surface area contributed by atoms with Gasteiger partial charge < -0.3 is 5.32 Å². The van der Waals surface area contributed by atoms with E-state index in [0.717, 1.165) is 12.8 Å². The number of anilines is 1. The Kier molecular flexibility index (Phi) is 4.43. The Hall–Kier alpha value is -1.65. The first kappa shape index (κ1) is 13.4. The van der Waals surface area contributed by atoms with Gasteiger partial charge in [-0.15, -0.1) is 0 Å². The molecule has 17 heavy (non-hydrogen) atoms. The van der Waals surface area contributed by atoms with Gasteiger partial charge in [-0.25, -0.2) is 4.39 Å². The van der Waals surface area contributed by atoms with E-state index in [-0.39, 0.29) is 17.4 Å². The summed E-state index contributed by atoms with van der Waals surface area (Å²) in [5.74, 6) is -0.413. The third kappa shape index (κ3) is 3.41. The second-order valence-corrected chi connectivity index (χ2v) is 3.79. The van der Waals surface area contributed by atoms with Gasteiger partial charge in [0.05, 0.1) is 4.92 Å². The van der Waals surface area contributed by atoms with E-state index in [1.54, 1.807) is 0 Å².